The van der Waals surface area contributed by atoms with Gasteiger partial charge in [-0.2, -0.15) is 10.2 Å². The summed E-state index contributed by atoms with van der Waals surface area (Å²) in [5.41, 5.74) is 0.382. The summed E-state index contributed by atoms with van der Waals surface area (Å²) in [6, 6.07) is 6.27. The summed E-state index contributed by atoms with van der Waals surface area (Å²) in [7, 11) is 5.73. The summed E-state index contributed by atoms with van der Waals surface area (Å²) in [5, 5.41) is 8.05. The first-order valence-corrected chi connectivity index (χ1v) is 9.54. The number of azo groups is 1. The Morgan fingerprint density at radius 1 is 0.968 bits per heavy atom. The maximum Gasteiger partial charge on any atom is 0.276 e. The Morgan fingerprint density at radius 2 is 1.61 bits per heavy atom. The minimum atomic E-state index is -1.51. The van der Waals surface area contributed by atoms with E-state index in [4.69, 9.17) is 42.3 Å². The number of amides is 1. The molecule has 2 rings (SSSR count). The van der Waals surface area contributed by atoms with Crippen LogP contribution in [0.4, 0.5) is 11.4 Å². The Kier molecular flexibility index (Phi) is 8.47. The van der Waals surface area contributed by atoms with E-state index in [1.807, 2.05) is 0 Å². The molecule has 0 saturated carbocycles. The molecular formula is C20H21Cl2N3O6. The van der Waals surface area contributed by atoms with Crippen molar-refractivity contribution in [2.75, 3.05) is 32.9 Å². The number of methoxy groups -OCH3 is 4. The van der Waals surface area contributed by atoms with E-state index >= 15 is 0 Å². The summed E-state index contributed by atoms with van der Waals surface area (Å²) in [4.78, 5) is 25.1. The summed E-state index contributed by atoms with van der Waals surface area (Å²) in [6.45, 7) is 1.20. The number of hydrogen-bond donors (Lipinski definition) is 0. The molecule has 0 fully saturated rings. The van der Waals surface area contributed by atoms with Crippen LogP contribution in [0.1, 0.15) is 6.92 Å². The van der Waals surface area contributed by atoms with E-state index in [0.29, 0.717) is 17.2 Å². The largest absolute Gasteiger partial charge is 0.497 e. The van der Waals surface area contributed by atoms with Crippen LogP contribution in [0.3, 0.4) is 0 Å². The summed E-state index contributed by atoms with van der Waals surface area (Å²) < 4.78 is 21.5. The first-order valence-electron chi connectivity index (χ1n) is 8.82. The quantitative estimate of drug-likeness (QED) is 0.302. The monoisotopic (exact) mass is 469 g/mol. The number of carbonyl (C=O) groups is 2. The lowest BCUT2D eigenvalue weighted by Crippen LogP contribution is -2.36. The second-order valence-electron chi connectivity index (χ2n) is 6.02. The number of benzene rings is 2. The van der Waals surface area contributed by atoms with Crippen molar-refractivity contribution in [2.24, 2.45) is 10.2 Å². The Balaban J connectivity index is 2.40. The van der Waals surface area contributed by atoms with Gasteiger partial charge in [0, 0.05) is 17.8 Å². The first kappa shape index (κ1) is 24.2. The number of halogens is 2. The van der Waals surface area contributed by atoms with Crippen LogP contribution in [0.25, 0.3) is 0 Å². The second-order valence-corrected chi connectivity index (χ2v) is 6.74. The molecule has 166 valence electrons. The van der Waals surface area contributed by atoms with Gasteiger partial charge in [0.15, 0.2) is 11.5 Å². The molecule has 1 unspecified atom stereocenters. The van der Waals surface area contributed by atoms with Crippen molar-refractivity contribution in [3.05, 3.63) is 35.4 Å². The van der Waals surface area contributed by atoms with Gasteiger partial charge in [-0.15, -0.1) is 0 Å². The van der Waals surface area contributed by atoms with Gasteiger partial charge >= 0.3 is 0 Å². The molecule has 31 heavy (non-hydrogen) atoms. The smallest absolute Gasteiger partial charge is 0.276 e. The van der Waals surface area contributed by atoms with Crippen molar-refractivity contribution >= 4 is 46.4 Å². The van der Waals surface area contributed by atoms with E-state index in [1.165, 1.54) is 47.5 Å². The Bertz CT molecular complexity index is 999. The van der Waals surface area contributed by atoms with Gasteiger partial charge in [-0.1, -0.05) is 11.6 Å². The van der Waals surface area contributed by atoms with Crippen molar-refractivity contribution < 1.29 is 28.5 Å². The molecule has 0 aliphatic heterocycles. The van der Waals surface area contributed by atoms with Crippen LogP contribution in [-0.4, -0.2) is 46.2 Å². The molecule has 0 aliphatic rings. The summed E-state index contributed by atoms with van der Waals surface area (Å²) >= 11 is 12.5. The summed E-state index contributed by atoms with van der Waals surface area (Å²) in [6.07, 6.45) is 0. The summed E-state index contributed by atoms with van der Waals surface area (Å²) in [5.74, 6) is -0.117. The molecule has 0 saturated heterocycles. The molecule has 1 atom stereocenters. The van der Waals surface area contributed by atoms with Gasteiger partial charge in [0.25, 0.3) is 5.91 Å². The fourth-order valence-corrected chi connectivity index (χ4v) is 3.10. The third-order valence-electron chi connectivity index (χ3n) is 4.16. The average molecular weight is 470 g/mol. The molecule has 0 heterocycles. The number of rotatable bonds is 9. The normalized spacial score (nSPS) is 11.7. The number of anilines is 1. The van der Waals surface area contributed by atoms with Gasteiger partial charge < -0.3 is 18.9 Å². The zero-order valence-corrected chi connectivity index (χ0v) is 19.0. The molecule has 11 heteroatoms. The Morgan fingerprint density at radius 3 is 2.16 bits per heavy atom. The van der Waals surface area contributed by atoms with E-state index < -0.39 is 17.7 Å². The maximum atomic E-state index is 12.9. The third-order valence-corrected chi connectivity index (χ3v) is 4.86. The minimum Gasteiger partial charge on any atom is -0.497 e. The molecule has 0 aliphatic carbocycles. The number of nitrogens with zero attached hydrogens (tertiary/aromatic N) is 3. The highest BCUT2D eigenvalue weighted by Crippen LogP contribution is 2.41. The average Bonchev–Trinajstić information content (AvgIpc) is 2.77. The van der Waals surface area contributed by atoms with Crippen molar-refractivity contribution in [3.8, 4) is 23.0 Å². The fraction of sp³-hybridized carbons (Fsp3) is 0.300. The van der Waals surface area contributed by atoms with Gasteiger partial charge in [-0.3, -0.25) is 9.59 Å². The minimum absolute atomic E-state index is 0.173. The molecule has 0 aromatic heterocycles. The molecule has 1 amide bonds. The van der Waals surface area contributed by atoms with Crippen molar-refractivity contribution in [2.45, 2.75) is 13.0 Å². The zero-order valence-electron chi connectivity index (χ0n) is 17.5. The molecule has 0 N–H and O–H groups in total. The zero-order chi connectivity index (χ0) is 23.1. The lowest BCUT2D eigenvalue weighted by Gasteiger charge is -2.19. The number of ketones is 1. The lowest BCUT2D eigenvalue weighted by molar-refractivity contribution is -0.126. The molecule has 9 nitrogen and oxygen atoms in total. The molecule has 2 aromatic carbocycles. The number of ether oxygens (including phenoxy) is 4. The highest BCUT2D eigenvalue weighted by molar-refractivity contribution is 6.39. The predicted octanol–water partition coefficient (Wildman–Crippen LogP) is 4.60. The van der Waals surface area contributed by atoms with Crippen molar-refractivity contribution in [1.29, 1.82) is 0 Å². The van der Waals surface area contributed by atoms with Crippen molar-refractivity contribution in [1.82, 2.24) is 0 Å². The SMILES string of the molecule is COc1ccc(OC)c(N(Cl)C(=O)C(N=Nc2ccc(OC)c(Cl)c2OC)C(C)=O)c1. The van der Waals surface area contributed by atoms with Gasteiger partial charge in [-0.05, 0) is 31.2 Å². The van der Waals surface area contributed by atoms with Crippen LogP contribution in [0, 0.1) is 0 Å². The van der Waals surface area contributed by atoms with Crippen LogP contribution in [0.2, 0.25) is 5.02 Å². The van der Waals surface area contributed by atoms with Crippen LogP contribution in [-0.2, 0) is 9.59 Å². The molecule has 0 spiro atoms. The maximum absolute atomic E-state index is 12.9. The van der Waals surface area contributed by atoms with E-state index in [2.05, 4.69) is 10.2 Å². The van der Waals surface area contributed by atoms with Crippen LogP contribution in [0.15, 0.2) is 40.6 Å². The topological polar surface area (TPSA) is 99.0 Å². The van der Waals surface area contributed by atoms with E-state index in [9.17, 15) is 9.59 Å². The van der Waals surface area contributed by atoms with Gasteiger partial charge in [0.1, 0.15) is 33.6 Å². The van der Waals surface area contributed by atoms with Gasteiger partial charge in [0.2, 0.25) is 6.04 Å². The van der Waals surface area contributed by atoms with Crippen LogP contribution < -0.4 is 23.4 Å². The third kappa shape index (κ3) is 5.36. The predicted molar refractivity (Wildman–Crippen MR) is 116 cm³/mol. The van der Waals surface area contributed by atoms with E-state index in [1.54, 1.807) is 18.2 Å². The number of hydrogen-bond acceptors (Lipinski definition) is 8. The molecule has 2 aromatic rings. The van der Waals surface area contributed by atoms with Crippen LogP contribution >= 0.6 is 23.4 Å². The Labute approximate surface area is 189 Å². The van der Waals surface area contributed by atoms with E-state index in [-0.39, 0.29) is 22.1 Å². The molecule has 0 radical (unpaired) electrons. The highest BCUT2D eigenvalue weighted by atomic mass is 35.5. The highest BCUT2D eigenvalue weighted by Gasteiger charge is 2.30. The standard InChI is InChI=1S/C20H21Cl2N3O6/c1-11(26)18(24-23-13-7-9-16(30-4)17(21)19(13)31-5)20(27)25(22)14-10-12(28-2)6-8-15(14)29-3/h6-10,18H,1-5H3. The fourth-order valence-electron chi connectivity index (χ4n) is 2.56. The van der Waals surface area contributed by atoms with Crippen LogP contribution in [0.5, 0.6) is 23.0 Å². The molecule has 0 bridgehead atoms. The van der Waals surface area contributed by atoms with Crippen molar-refractivity contribution in [3.63, 3.8) is 0 Å². The number of carbonyl (C=O) groups excluding carboxylic acids is 2. The molecular weight excluding hydrogens is 449 g/mol. The Hall–Kier alpha value is -3.04. The van der Waals surface area contributed by atoms with E-state index in [0.717, 1.165) is 4.42 Å². The second kappa shape index (κ2) is 10.8. The van der Waals surface area contributed by atoms with Gasteiger partial charge in [0.05, 0.1) is 28.4 Å². The number of Topliss-reactive ketones (excluding diaryl/α,β-unsaturated/α-hetero) is 1. The lowest BCUT2D eigenvalue weighted by atomic mass is 10.2. The first-order chi connectivity index (χ1) is 14.8. The van der Waals surface area contributed by atoms with Gasteiger partial charge in [-0.25, -0.2) is 4.42 Å².